The van der Waals surface area contributed by atoms with Crippen LogP contribution in [0.1, 0.15) is 30.2 Å². The predicted molar refractivity (Wildman–Crippen MR) is 102 cm³/mol. The number of nitrogens with one attached hydrogen (secondary N) is 1. The molecule has 24 heavy (non-hydrogen) atoms. The van der Waals surface area contributed by atoms with E-state index in [1.165, 1.54) is 0 Å². The topological polar surface area (TPSA) is 72.1 Å². The van der Waals surface area contributed by atoms with Crippen LogP contribution in [0.2, 0.25) is 0 Å². The molecule has 2 aliphatic heterocycles. The highest BCUT2D eigenvalue weighted by molar-refractivity contribution is 14.0. The minimum absolute atomic E-state index is 0. The van der Waals surface area contributed by atoms with Gasteiger partial charge in [-0.15, -0.1) is 24.0 Å². The minimum atomic E-state index is 0. The highest BCUT2D eigenvalue weighted by atomic mass is 127. The van der Waals surface area contributed by atoms with Crippen LogP contribution >= 0.6 is 24.0 Å². The number of aryl methyl sites for hydroxylation is 2. The van der Waals surface area contributed by atoms with Gasteiger partial charge in [-0.3, -0.25) is 4.99 Å². The zero-order chi connectivity index (χ0) is 16.2. The first-order valence-electron chi connectivity index (χ1n) is 8.29. The van der Waals surface area contributed by atoms with Crippen LogP contribution in [0, 0.1) is 13.8 Å². The van der Waals surface area contributed by atoms with Crippen molar-refractivity contribution in [2.75, 3.05) is 33.4 Å². The Morgan fingerprint density at radius 3 is 2.71 bits per heavy atom. The molecule has 0 saturated carbocycles. The number of hydrogen-bond donors (Lipinski definition) is 1. The van der Waals surface area contributed by atoms with E-state index in [-0.39, 0.29) is 36.2 Å². The van der Waals surface area contributed by atoms with Crippen molar-refractivity contribution in [1.29, 1.82) is 0 Å². The molecular weight excluding hydrogens is 423 g/mol. The standard InChI is InChI=1S/C16H26N4O3.HI/c1-11-12(2)23-15(19-11)9-18-16(17-3)20-6-8-22-14(10-20)13-5-4-7-21-13;/h13-14H,4-10H2,1-3H3,(H,17,18);1H. The van der Waals surface area contributed by atoms with Crippen LogP contribution in [-0.4, -0.2) is 61.4 Å². The number of aliphatic imine (C=N–C) groups is 1. The molecule has 1 N–H and O–H groups in total. The molecule has 0 radical (unpaired) electrons. The molecule has 0 aliphatic carbocycles. The maximum atomic E-state index is 5.89. The second-order valence-electron chi connectivity index (χ2n) is 6.06. The molecule has 0 spiro atoms. The number of hydrogen-bond acceptors (Lipinski definition) is 5. The summed E-state index contributed by atoms with van der Waals surface area (Å²) in [7, 11) is 1.80. The third kappa shape index (κ3) is 4.60. The molecule has 2 aliphatic rings. The van der Waals surface area contributed by atoms with Crippen LogP contribution in [0.4, 0.5) is 0 Å². The molecule has 1 aromatic heterocycles. The number of rotatable bonds is 3. The van der Waals surface area contributed by atoms with Crippen LogP contribution in [0.5, 0.6) is 0 Å². The van der Waals surface area contributed by atoms with E-state index in [1.807, 2.05) is 13.8 Å². The van der Waals surface area contributed by atoms with Crippen LogP contribution in [0.25, 0.3) is 0 Å². The van der Waals surface area contributed by atoms with Gasteiger partial charge in [-0.05, 0) is 26.7 Å². The molecule has 0 amide bonds. The molecule has 2 saturated heterocycles. The lowest BCUT2D eigenvalue weighted by Gasteiger charge is -2.37. The monoisotopic (exact) mass is 450 g/mol. The van der Waals surface area contributed by atoms with Crippen LogP contribution in [0.15, 0.2) is 9.41 Å². The van der Waals surface area contributed by atoms with Gasteiger partial charge < -0.3 is 24.1 Å². The Bertz CT molecular complexity index is 538. The number of nitrogens with zero attached hydrogens (tertiary/aromatic N) is 3. The average molecular weight is 450 g/mol. The SMILES string of the molecule is CN=C(NCc1nc(C)c(C)o1)N1CCOC(C2CCCO2)C1.I. The minimum Gasteiger partial charge on any atom is -0.444 e. The lowest BCUT2D eigenvalue weighted by atomic mass is 10.1. The van der Waals surface area contributed by atoms with E-state index in [0.717, 1.165) is 50.0 Å². The number of guanidine groups is 1. The molecule has 3 heterocycles. The van der Waals surface area contributed by atoms with Crippen molar-refractivity contribution < 1.29 is 13.9 Å². The molecule has 1 aromatic rings. The number of halogens is 1. The molecule has 3 rings (SSSR count). The first-order valence-corrected chi connectivity index (χ1v) is 8.29. The van der Waals surface area contributed by atoms with E-state index >= 15 is 0 Å². The lowest BCUT2D eigenvalue weighted by molar-refractivity contribution is -0.0817. The van der Waals surface area contributed by atoms with Gasteiger partial charge in [0.2, 0.25) is 5.89 Å². The highest BCUT2D eigenvalue weighted by Crippen LogP contribution is 2.21. The van der Waals surface area contributed by atoms with Crippen LogP contribution in [0.3, 0.4) is 0 Å². The Balaban J connectivity index is 0.00000208. The van der Waals surface area contributed by atoms with Gasteiger partial charge in [0.1, 0.15) is 11.9 Å². The van der Waals surface area contributed by atoms with Gasteiger partial charge in [-0.1, -0.05) is 0 Å². The number of oxazole rings is 1. The average Bonchev–Trinajstić information content (AvgIpc) is 3.19. The summed E-state index contributed by atoms with van der Waals surface area (Å²) in [6.45, 7) is 7.58. The molecular formula is C16H27IN4O3. The summed E-state index contributed by atoms with van der Waals surface area (Å²) >= 11 is 0. The Morgan fingerprint density at radius 1 is 1.29 bits per heavy atom. The molecule has 8 heteroatoms. The fourth-order valence-corrected chi connectivity index (χ4v) is 3.09. The first kappa shape index (κ1) is 19.5. The normalized spacial score (nSPS) is 24.8. The fourth-order valence-electron chi connectivity index (χ4n) is 3.09. The molecule has 0 bridgehead atoms. The van der Waals surface area contributed by atoms with Crippen LogP contribution < -0.4 is 5.32 Å². The van der Waals surface area contributed by atoms with Gasteiger partial charge in [0.15, 0.2) is 5.96 Å². The second-order valence-corrected chi connectivity index (χ2v) is 6.06. The lowest BCUT2D eigenvalue weighted by Crippen LogP contribution is -2.53. The van der Waals surface area contributed by atoms with Gasteiger partial charge in [-0.25, -0.2) is 4.98 Å². The zero-order valence-corrected chi connectivity index (χ0v) is 16.9. The van der Waals surface area contributed by atoms with Crippen molar-refractivity contribution >= 4 is 29.9 Å². The van der Waals surface area contributed by atoms with Crippen molar-refractivity contribution in [3.63, 3.8) is 0 Å². The summed E-state index contributed by atoms with van der Waals surface area (Å²) in [6.07, 6.45) is 2.55. The predicted octanol–water partition coefficient (Wildman–Crippen LogP) is 1.86. The zero-order valence-electron chi connectivity index (χ0n) is 14.6. The summed E-state index contributed by atoms with van der Waals surface area (Å²) < 4.78 is 17.3. The van der Waals surface area contributed by atoms with E-state index in [4.69, 9.17) is 13.9 Å². The second kappa shape index (κ2) is 9.00. The molecule has 136 valence electrons. The summed E-state index contributed by atoms with van der Waals surface area (Å²) in [6, 6.07) is 0. The highest BCUT2D eigenvalue weighted by Gasteiger charge is 2.32. The van der Waals surface area contributed by atoms with Crippen LogP contribution in [-0.2, 0) is 16.0 Å². The van der Waals surface area contributed by atoms with Crippen molar-refractivity contribution in [1.82, 2.24) is 15.2 Å². The Labute approximate surface area is 160 Å². The fraction of sp³-hybridized carbons (Fsp3) is 0.750. The Kier molecular flexibility index (Phi) is 7.30. The Hall–Kier alpha value is -0.870. The largest absolute Gasteiger partial charge is 0.444 e. The first-order chi connectivity index (χ1) is 11.2. The Morgan fingerprint density at radius 2 is 2.08 bits per heavy atom. The molecule has 2 unspecified atom stereocenters. The van der Waals surface area contributed by atoms with Crippen molar-refractivity contribution in [3.05, 3.63) is 17.3 Å². The van der Waals surface area contributed by atoms with E-state index in [0.29, 0.717) is 19.0 Å². The van der Waals surface area contributed by atoms with Crippen molar-refractivity contribution in [3.8, 4) is 0 Å². The van der Waals surface area contributed by atoms with Crippen molar-refractivity contribution in [2.24, 2.45) is 4.99 Å². The smallest absolute Gasteiger partial charge is 0.214 e. The van der Waals surface area contributed by atoms with E-state index in [2.05, 4.69) is 20.2 Å². The van der Waals surface area contributed by atoms with Gasteiger partial charge >= 0.3 is 0 Å². The van der Waals surface area contributed by atoms with E-state index < -0.39 is 0 Å². The van der Waals surface area contributed by atoms with E-state index in [9.17, 15) is 0 Å². The quantitative estimate of drug-likeness (QED) is 0.431. The third-order valence-corrected chi connectivity index (χ3v) is 4.45. The summed E-state index contributed by atoms with van der Waals surface area (Å²) in [4.78, 5) is 11.0. The van der Waals surface area contributed by atoms with E-state index in [1.54, 1.807) is 7.05 Å². The number of morpholine rings is 1. The van der Waals surface area contributed by atoms with Gasteiger partial charge in [-0.2, -0.15) is 0 Å². The van der Waals surface area contributed by atoms with Crippen molar-refractivity contribution in [2.45, 2.75) is 45.4 Å². The maximum Gasteiger partial charge on any atom is 0.214 e. The number of aromatic nitrogens is 1. The summed E-state index contributed by atoms with van der Waals surface area (Å²) in [5.74, 6) is 2.40. The van der Waals surface area contributed by atoms with Gasteiger partial charge in [0.25, 0.3) is 0 Å². The van der Waals surface area contributed by atoms with Gasteiger partial charge in [0.05, 0.1) is 24.9 Å². The molecule has 2 atom stereocenters. The molecule has 0 aromatic carbocycles. The number of ether oxygens (including phenoxy) is 2. The summed E-state index contributed by atoms with van der Waals surface area (Å²) in [5.41, 5.74) is 0.932. The maximum absolute atomic E-state index is 5.89. The van der Waals surface area contributed by atoms with Gasteiger partial charge in [0, 0.05) is 26.7 Å². The molecule has 2 fully saturated rings. The third-order valence-electron chi connectivity index (χ3n) is 4.45. The molecule has 7 nitrogen and oxygen atoms in total. The summed E-state index contributed by atoms with van der Waals surface area (Å²) in [5, 5.41) is 3.33.